The van der Waals surface area contributed by atoms with E-state index in [0.29, 0.717) is 19.2 Å². The van der Waals surface area contributed by atoms with Gasteiger partial charge in [-0.15, -0.1) is 0 Å². The normalized spacial score (nSPS) is 10.7. The van der Waals surface area contributed by atoms with Crippen molar-refractivity contribution in [1.29, 1.82) is 0 Å². The fraction of sp³-hybridized carbons (Fsp3) is 0.222. The summed E-state index contributed by atoms with van der Waals surface area (Å²) in [7, 11) is 0. The molecule has 1 aromatic heterocycles. The van der Waals surface area contributed by atoms with Gasteiger partial charge in [-0.2, -0.15) is 4.98 Å². The third-order valence-corrected chi connectivity index (χ3v) is 3.54. The summed E-state index contributed by atoms with van der Waals surface area (Å²) in [5.41, 5.74) is 2.68. The lowest BCUT2D eigenvalue weighted by Gasteiger charge is -2.09. The standard InChI is InChI=1S/C18H19N3O2/c1-2-23-18-20-15-10-6-7-11-16(15)21(18)17(22)19-13-12-14-8-4-3-5-9-14/h3-11H,2,12-13H2,1H3,(H,19,22). The van der Waals surface area contributed by atoms with Gasteiger partial charge >= 0.3 is 12.0 Å². The molecule has 3 rings (SSSR count). The minimum atomic E-state index is -0.224. The molecule has 23 heavy (non-hydrogen) atoms. The van der Waals surface area contributed by atoms with Crippen LogP contribution in [-0.4, -0.2) is 28.7 Å². The smallest absolute Gasteiger partial charge is 0.330 e. The Balaban J connectivity index is 1.76. The van der Waals surface area contributed by atoms with Crippen molar-refractivity contribution >= 4 is 17.1 Å². The van der Waals surface area contributed by atoms with E-state index in [1.807, 2.05) is 61.5 Å². The number of nitrogens with one attached hydrogen (secondary N) is 1. The zero-order valence-corrected chi connectivity index (χ0v) is 13.0. The number of carbonyl (C=O) groups excluding carboxylic acids is 1. The van der Waals surface area contributed by atoms with Crippen LogP contribution in [0, 0.1) is 0 Å². The van der Waals surface area contributed by atoms with E-state index >= 15 is 0 Å². The molecule has 0 bridgehead atoms. The SMILES string of the molecule is CCOc1nc2ccccc2n1C(=O)NCCc1ccccc1. The van der Waals surface area contributed by atoms with Gasteiger partial charge in [0.15, 0.2) is 0 Å². The molecule has 2 aromatic carbocycles. The van der Waals surface area contributed by atoms with Gasteiger partial charge in [-0.1, -0.05) is 42.5 Å². The van der Waals surface area contributed by atoms with Crippen LogP contribution in [-0.2, 0) is 6.42 Å². The van der Waals surface area contributed by atoms with Crippen LogP contribution in [0.4, 0.5) is 4.79 Å². The molecular weight excluding hydrogens is 290 g/mol. The summed E-state index contributed by atoms with van der Waals surface area (Å²) in [6.07, 6.45) is 0.781. The highest BCUT2D eigenvalue weighted by Crippen LogP contribution is 2.20. The summed E-state index contributed by atoms with van der Waals surface area (Å²) in [5.74, 6) is 0. The Morgan fingerprint density at radius 2 is 1.87 bits per heavy atom. The first-order chi connectivity index (χ1) is 11.3. The molecule has 0 saturated heterocycles. The number of para-hydroxylation sites is 2. The monoisotopic (exact) mass is 309 g/mol. The zero-order valence-electron chi connectivity index (χ0n) is 13.0. The number of rotatable bonds is 5. The highest BCUT2D eigenvalue weighted by atomic mass is 16.5. The molecule has 1 heterocycles. The molecule has 0 unspecified atom stereocenters. The van der Waals surface area contributed by atoms with Gasteiger partial charge in [0.2, 0.25) is 0 Å². The summed E-state index contributed by atoms with van der Waals surface area (Å²) in [6, 6.07) is 17.7. The van der Waals surface area contributed by atoms with Crippen LogP contribution in [0.25, 0.3) is 11.0 Å². The van der Waals surface area contributed by atoms with Gasteiger partial charge in [0.25, 0.3) is 0 Å². The third-order valence-electron chi connectivity index (χ3n) is 3.54. The summed E-state index contributed by atoms with van der Waals surface area (Å²) >= 11 is 0. The summed E-state index contributed by atoms with van der Waals surface area (Å²) < 4.78 is 6.99. The molecule has 0 aliphatic rings. The average molecular weight is 309 g/mol. The van der Waals surface area contributed by atoms with Crippen LogP contribution < -0.4 is 10.1 Å². The van der Waals surface area contributed by atoms with E-state index in [2.05, 4.69) is 10.3 Å². The van der Waals surface area contributed by atoms with Crippen LogP contribution in [0.2, 0.25) is 0 Å². The fourth-order valence-corrected chi connectivity index (χ4v) is 2.46. The Hall–Kier alpha value is -2.82. The topological polar surface area (TPSA) is 56.2 Å². The van der Waals surface area contributed by atoms with Crippen LogP contribution in [0.15, 0.2) is 54.6 Å². The van der Waals surface area contributed by atoms with Crippen LogP contribution >= 0.6 is 0 Å². The van der Waals surface area contributed by atoms with Gasteiger partial charge in [-0.05, 0) is 31.0 Å². The number of benzene rings is 2. The minimum Gasteiger partial charge on any atom is -0.465 e. The minimum absolute atomic E-state index is 0.224. The molecule has 0 spiro atoms. The molecule has 1 N–H and O–H groups in total. The van der Waals surface area contributed by atoms with E-state index in [-0.39, 0.29) is 6.03 Å². The molecule has 3 aromatic rings. The number of fused-ring (bicyclic) bond motifs is 1. The maximum Gasteiger partial charge on any atom is 0.330 e. The second kappa shape index (κ2) is 6.96. The molecule has 5 heteroatoms. The van der Waals surface area contributed by atoms with Crippen molar-refractivity contribution in [2.24, 2.45) is 0 Å². The van der Waals surface area contributed by atoms with Gasteiger partial charge < -0.3 is 10.1 Å². The molecular formula is C18H19N3O2. The van der Waals surface area contributed by atoms with Crippen molar-refractivity contribution in [3.8, 4) is 6.01 Å². The van der Waals surface area contributed by atoms with Crippen molar-refractivity contribution in [1.82, 2.24) is 14.9 Å². The van der Waals surface area contributed by atoms with Crippen molar-refractivity contribution in [3.05, 3.63) is 60.2 Å². The fourth-order valence-electron chi connectivity index (χ4n) is 2.46. The molecule has 0 saturated carbocycles. The van der Waals surface area contributed by atoms with Crippen molar-refractivity contribution < 1.29 is 9.53 Å². The Labute approximate surface area is 134 Å². The van der Waals surface area contributed by atoms with Crippen molar-refractivity contribution in [3.63, 3.8) is 0 Å². The lowest BCUT2D eigenvalue weighted by molar-refractivity contribution is 0.236. The number of imidazole rings is 1. The Kier molecular flexibility index (Phi) is 4.57. The third kappa shape index (κ3) is 3.34. The van der Waals surface area contributed by atoms with Gasteiger partial charge in [-0.25, -0.2) is 9.36 Å². The Morgan fingerprint density at radius 3 is 2.65 bits per heavy atom. The van der Waals surface area contributed by atoms with Crippen molar-refractivity contribution in [2.75, 3.05) is 13.2 Å². The van der Waals surface area contributed by atoms with Crippen molar-refractivity contribution in [2.45, 2.75) is 13.3 Å². The van der Waals surface area contributed by atoms with E-state index in [1.54, 1.807) is 0 Å². The van der Waals surface area contributed by atoms with Crippen LogP contribution in [0.1, 0.15) is 12.5 Å². The van der Waals surface area contributed by atoms with Gasteiger partial charge in [-0.3, -0.25) is 0 Å². The van der Waals surface area contributed by atoms with E-state index < -0.39 is 0 Å². The lowest BCUT2D eigenvalue weighted by atomic mass is 10.1. The average Bonchev–Trinajstić information content (AvgIpc) is 2.94. The second-order valence-corrected chi connectivity index (χ2v) is 5.12. The predicted molar refractivity (Wildman–Crippen MR) is 89.8 cm³/mol. The first-order valence-corrected chi connectivity index (χ1v) is 7.72. The molecule has 0 fully saturated rings. The number of ether oxygens (including phenoxy) is 1. The highest BCUT2D eigenvalue weighted by Gasteiger charge is 2.17. The largest absolute Gasteiger partial charge is 0.465 e. The first kappa shape index (κ1) is 15.1. The molecule has 0 aliphatic heterocycles. The number of hydrogen-bond donors (Lipinski definition) is 1. The van der Waals surface area contributed by atoms with E-state index in [1.165, 1.54) is 10.1 Å². The predicted octanol–water partition coefficient (Wildman–Crippen LogP) is 3.24. The van der Waals surface area contributed by atoms with E-state index in [0.717, 1.165) is 17.5 Å². The number of amides is 1. The lowest BCUT2D eigenvalue weighted by Crippen LogP contribution is -2.30. The van der Waals surface area contributed by atoms with Crippen LogP contribution in [0.3, 0.4) is 0 Å². The number of carbonyl (C=O) groups is 1. The van der Waals surface area contributed by atoms with E-state index in [9.17, 15) is 4.79 Å². The van der Waals surface area contributed by atoms with E-state index in [4.69, 9.17) is 4.74 Å². The molecule has 0 radical (unpaired) electrons. The number of hydrogen-bond acceptors (Lipinski definition) is 3. The Bertz CT molecular complexity index is 796. The maximum atomic E-state index is 12.5. The van der Waals surface area contributed by atoms with Gasteiger partial charge in [0, 0.05) is 6.54 Å². The van der Waals surface area contributed by atoms with Gasteiger partial charge in [0.05, 0.1) is 17.6 Å². The Morgan fingerprint density at radius 1 is 1.13 bits per heavy atom. The summed E-state index contributed by atoms with van der Waals surface area (Å²) in [5, 5.41) is 2.93. The molecule has 118 valence electrons. The number of aromatic nitrogens is 2. The molecule has 0 atom stereocenters. The van der Waals surface area contributed by atoms with Gasteiger partial charge in [0.1, 0.15) is 0 Å². The maximum absolute atomic E-state index is 12.5. The molecule has 5 nitrogen and oxygen atoms in total. The number of nitrogens with zero attached hydrogens (tertiary/aromatic N) is 2. The molecule has 0 aliphatic carbocycles. The second-order valence-electron chi connectivity index (χ2n) is 5.12. The summed E-state index contributed by atoms with van der Waals surface area (Å²) in [4.78, 5) is 16.9. The highest BCUT2D eigenvalue weighted by molar-refractivity contribution is 5.90. The van der Waals surface area contributed by atoms with Crippen LogP contribution in [0.5, 0.6) is 6.01 Å². The zero-order chi connectivity index (χ0) is 16.1. The summed E-state index contributed by atoms with van der Waals surface area (Å²) in [6.45, 7) is 2.89. The molecule has 1 amide bonds. The quantitative estimate of drug-likeness (QED) is 0.787. The first-order valence-electron chi connectivity index (χ1n) is 7.72.